The molecular weight excluding hydrogens is 276 g/mol. The van der Waals surface area contributed by atoms with Gasteiger partial charge in [0.15, 0.2) is 17.8 Å². The van der Waals surface area contributed by atoms with Gasteiger partial charge in [0.2, 0.25) is 0 Å². The van der Waals surface area contributed by atoms with Gasteiger partial charge < -0.3 is 9.47 Å². The van der Waals surface area contributed by atoms with Crippen LogP contribution in [-0.4, -0.2) is 29.3 Å². The number of hydrogen-bond donors (Lipinski definition) is 0. The highest BCUT2D eigenvalue weighted by molar-refractivity contribution is 7.99. The Morgan fingerprint density at radius 2 is 2.05 bits per heavy atom. The summed E-state index contributed by atoms with van der Waals surface area (Å²) in [7, 11) is 1.83. The van der Waals surface area contributed by atoms with Crippen molar-refractivity contribution >= 4 is 18.0 Å². The Morgan fingerprint density at radius 3 is 2.80 bits per heavy atom. The number of aldehydes is 1. The van der Waals surface area contributed by atoms with E-state index in [9.17, 15) is 4.79 Å². The van der Waals surface area contributed by atoms with E-state index in [1.807, 2.05) is 32.2 Å². The highest BCUT2D eigenvalue weighted by atomic mass is 32.2. The van der Waals surface area contributed by atoms with E-state index in [0.717, 1.165) is 33.4 Å². The van der Waals surface area contributed by atoms with Crippen molar-refractivity contribution in [3.8, 4) is 11.5 Å². The Bertz CT molecular complexity index is 667. The smallest absolute Gasteiger partial charge is 0.162 e. The minimum Gasteiger partial charge on any atom is -0.486 e. The molecule has 0 fully saturated rings. The summed E-state index contributed by atoms with van der Waals surface area (Å²) in [5, 5.41) is 5.10. The number of nitrogens with zero attached hydrogens (tertiary/aromatic N) is 2. The van der Waals surface area contributed by atoms with Crippen LogP contribution in [0.2, 0.25) is 0 Å². The maximum absolute atomic E-state index is 11.2. The number of carbonyl (C=O) groups excluding carboxylic acids is 1. The van der Waals surface area contributed by atoms with E-state index in [0.29, 0.717) is 18.8 Å². The maximum atomic E-state index is 11.2. The second kappa shape index (κ2) is 5.20. The Kier molecular flexibility index (Phi) is 3.40. The number of carbonyl (C=O) groups is 1. The fourth-order valence-electron chi connectivity index (χ4n) is 2.11. The van der Waals surface area contributed by atoms with Gasteiger partial charge in [-0.25, -0.2) is 0 Å². The summed E-state index contributed by atoms with van der Waals surface area (Å²) >= 11 is 1.49. The van der Waals surface area contributed by atoms with Gasteiger partial charge >= 0.3 is 0 Å². The average Bonchev–Trinajstić information content (AvgIpc) is 2.72. The standard InChI is InChI=1S/C14H14N2O3S/c1-9-11(8-17)14(16(2)15-9)20-10-3-4-12-13(7-10)19-6-5-18-12/h3-4,7-8H,5-6H2,1-2H3. The molecule has 0 saturated carbocycles. The first kappa shape index (κ1) is 13.1. The molecule has 0 bridgehead atoms. The van der Waals surface area contributed by atoms with Crippen LogP contribution < -0.4 is 9.47 Å². The van der Waals surface area contributed by atoms with Crippen molar-refractivity contribution in [1.29, 1.82) is 0 Å². The van der Waals surface area contributed by atoms with Crippen molar-refractivity contribution in [2.24, 2.45) is 7.05 Å². The molecule has 5 nitrogen and oxygen atoms in total. The van der Waals surface area contributed by atoms with Crippen molar-refractivity contribution in [3.63, 3.8) is 0 Å². The van der Waals surface area contributed by atoms with Crippen molar-refractivity contribution in [1.82, 2.24) is 9.78 Å². The summed E-state index contributed by atoms with van der Waals surface area (Å²) in [6.45, 7) is 2.97. The third kappa shape index (κ3) is 2.27. The summed E-state index contributed by atoms with van der Waals surface area (Å²) in [6, 6.07) is 5.77. The number of hydrogen-bond acceptors (Lipinski definition) is 5. The molecule has 2 aromatic rings. The molecule has 1 aliphatic rings. The minimum absolute atomic E-state index is 0.561. The fraction of sp³-hybridized carbons (Fsp3) is 0.286. The Hall–Kier alpha value is -1.95. The van der Waals surface area contributed by atoms with Crippen molar-refractivity contribution < 1.29 is 14.3 Å². The molecule has 0 N–H and O–H groups in total. The zero-order valence-electron chi connectivity index (χ0n) is 11.3. The van der Waals surface area contributed by atoms with E-state index >= 15 is 0 Å². The lowest BCUT2D eigenvalue weighted by atomic mass is 10.3. The Morgan fingerprint density at radius 1 is 1.30 bits per heavy atom. The third-order valence-electron chi connectivity index (χ3n) is 3.06. The highest BCUT2D eigenvalue weighted by Gasteiger charge is 2.16. The van der Waals surface area contributed by atoms with Gasteiger partial charge in [-0.15, -0.1) is 0 Å². The van der Waals surface area contributed by atoms with Crippen molar-refractivity contribution in [3.05, 3.63) is 29.5 Å². The molecule has 0 radical (unpaired) electrons. The number of rotatable bonds is 3. The van der Waals surface area contributed by atoms with E-state index in [2.05, 4.69) is 5.10 Å². The van der Waals surface area contributed by atoms with Gasteiger partial charge in [-0.2, -0.15) is 5.10 Å². The summed E-state index contributed by atoms with van der Waals surface area (Å²) in [6.07, 6.45) is 0.850. The first-order chi connectivity index (χ1) is 9.69. The summed E-state index contributed by atoms with van der Waals surface area (Å²) in [4.78, 5) is 12.2. The quantitative estimate of drug-likeness (QED) is 0.813. The maximum Gasteiger partial charge on any atom is 0.162 e. The van der Waals surface area contributed by atoms with Gasteiger partial charge in [0, 0.05) is 11.9 Å². The second-order valence-electron chi connectivity index (χ2n) is 4.45. The van der Waals surface area contributed by atoms with Crippen LogP contribution in [0.3, 0.4) is 0 Å². The van der Waals surface area contributed by atoms with Crippen LogP contribution in [0.25, 0.3) is 0 Å². The summed E-state index contributed by atoms with van der Waals surface area (Å²) < 4.78 is 12.8. The largest absolute Gasteiger partial charge is 0.486 e. The lowest BCUT2D eigenvalue weighted by Crippen LogP contribution is -2.15. The topological polar surface area (TPSA) is 53.4 Å². The van der Waals surface area contributed by atoms with Gasteiger partial charge in [-0.1, -0.05) is 11.8 Å². The number of fused-ring (bicyclic) bond motifs is 1. The minimum atomic E-state index is 0.561. The molecule has 0 saturated heterocycles. The predicted molar refractivity (Wildman–Crippen MR) is 74.9 cm³/mol. The fourth-order valence-corrected chi connectivity index (χ4v) is 3.11. The molecular formula is C14H14N2O3S. The van der Waals surface area contributed by atoms with Crippen molar-refractivity contribution in [2.45, 2.75) is 16.8 Å². The number of aromatic nitrogens is 2. The predicted octanol–water partition coefficient (Wildman–Crippen LogP) is 2.46. The zero-order valence-corrected chi connectivity index (χ0v) is 12.1. The lowest BCUT2D eigenvalue weighted by Gasteiger charge is -2.18. The van der Waals surface area contributed by atoms with Crippen LogP contribution in [0.1, 0.15) is 16.1 Å². The number of aryl methyl sites for hydroxylation is 2. The molecule has 1 aromatic carbocycles. The highest BCUT2D eigenvalue weighted by Crippen LogP contribution is 2.37. The van der Waals surface area contributed by atoms with Gasteiger partial charge in [-0.05, 0) is 25.1 Å². The van der Waals surface area contributed by atoms with Crippen molar-refractivity contribution in [2.75, 3.05) is 13.2 Å². The van der Waals surface area contributed by atoms with Crippen LogP contribution in [0.4, 0.5) is 0 Å². The molecule has 3 rings (SSSR count). The van der Waals surface area contributed by atoms with E-state index in [1.165, 1.54) is 11.8 Å². The van der Waals surface area contributed by atoms with Gasteiger partial charge in [0.1, 0.15) is 18.2 Å². The molecule has 0 amide bonds. The third-order valence-corrected chi connectivity index (χ3v) is 4.23. The number of ether oxygens (including phenoxy) is 2. The Balaban J connectivity index is 1.93. The molecule has 1 aliphatic heterocycles. The average molecular weight is 290 g/mol. The van der Waals surface area contributed by atoms with Gasteiger partial charge in [-0.3, -0.25) is 9.48 Å². The van der Waals surface area contributed by atoms with E-state index < -0.39 is 0 Å². The molecule has 1 aromatic heterocycles. The molecule has 0 aliphatic carbocycles. The monoisotopic (exact) mass is 290 g/mol. The van der Waals surface area contributed by atoms with Crippen LogP contribution in [0, 0.1) is 6.92 Å². The molecule has 6 heteroatoms. The summed E-state index contributed by atoms with van der Waals surface area (Å²) in [5.74, 6) is 1.50. The molecule has 0 unspecified atom stereocenters. The first-order valence-corrected chi connectivity index (χ1v) is 7.07. The van der Waals surface area contributed by atoms with E-state index in [-0.39, 0.29) is 0 Å². The van der Waals surface area contributed by atoms with Crippen LogP contribution in [-0.2, 0) is 7.05 Å². The molecule has 104 valence electrons. The van der Waals surface area contributed by atoms with Gasteiger partial charge in [0.05, 0.1) is 11.3 Å². The van der Waals surface area contributed by atoms with Crippen LogP contribution in [0.15, 0.2) is 28.1 Å². The van der Waals surface area contributed by atoms with Gasteiger partial charge in [0.25, 0.3) is 0 Å². The lowest BCUT2D eigenvalue weighted by molar-refractivity contribution is 0.112. The van der Waals surface area contributed by atoms with E-state index in [4.69, 9.17) is 9.47 Å². The SMILES string of the molecule is Cc1nn(C)c(Sc2ccc3c(c2)OCCO3)c1C=O. The van der Waals surface area contributed by atoms with Crippen LogP contribution >= 0.6 is 11.8 Å². The van der Waals surface area contributed by atoms with E-state index in [1.54, 1.807) is 4.68 Å². The van der Waals surface area contributed by atoms with Crippen LogP contribution in [0.5, 0.6) is 11.5 Å². The molecule has 0 atom stereocenters. The normalized spacial score (nSPS) is 13.3. The molecule has 20 heavy (non-hydrogen) atoms. The Labute approximate surface area is 120 Å². The summed E-state index contributed by atoms with van der Waals surface area (Å²) in [5.41, 5.74) is 1.37. The first-order valence-electron chi connectivity index (χ1n) is 6.25. The molecule has 2 heterocycles. The second-order valence-corrected chi connectivity index (χ2v) is 5.52. The number of benzene rings is 1. The molecule has 0 spiro atoms. The zero-order chi connectivity index (χ0) is 14.1.